The average molecular weight is 344 g/mol. The Morgan fingerprint density at radius 3 is 2.67 bits per heavy atom. The molecule has 0 radical (unpaired) electrons. The highest BCUT2D eigenvalue weighted by Gasteiger charge is 2.06. The van der Waals surface area contributed by atoms with Gasteiger partial charge in [0.05, 0.1) is 5.02 Å². The number of aromatic nitrogens is 1. The van der Waals surface area contributed by atoms with Crippen LogP contribution in [0.5, 0.6) is 0 Å². The van der Waals surface area contributed by atoms with Crippen LogP contribution in [0.4, 0.5) is 0 Å². The first-order valence-corrected chi connectivity index (χ1v) is 7.39. The third-order valence-electron chi connectivity index (χ3n) is 2.40. The number of pyridine rings is 1. The molecule has 2 rings (SSSR count). The predicted octanol–water partition coefficient (Wildman–Crippen LogP) is 4.67. The van der Waals surface area contributed by atoms with E-state index in [1.807, 2.05) is 37.3 Å². The van der Waals surface area contributed by atoms with Crippen LogP contribution in [0.2, 0.25) is 5.02 Å². The maximum absolute atomic E-state index is 5.85. The SMILES string of the molecule is CC(N)c1ccc(Sc2ccc(Cl)cn2)c(Br)c1. The summed E-state index contributed by atoms with van der Waals surface area (Å²) < 4.78 is 1.03. The number of nitrogens with zero attached hydrogens (tertiary/aromatic N) is 1. The fourth-order valence-electron chi connectivity index (χ4n) is 1.42. The molecule has 0 aliphatic carbocycles. The van der Waals surface area contributed by atoms with Crippen LogP contribution in [0.15, 0.2) is 50.9 Å². The molecule has 1 aromatic carbocycles. The summed E-state index contributed by atoms with van der Waals surface area (Å²) in [5.41, 5.74) is 6.95. The van der Waals surface area contributed by atoms with E-state index in [2.05, 4.69) is 20.9 Å². The molecule has 0 aliphatic rings. The Bertz CT molecular complexity index is 543. The summed E-state index contributed by atoms with van der Waals surface area (Å²) in [6, 6.07) is 9.90. The number of hydrogen-bond acceptors (Lipinski definition) is 3. The molecular formula is C13H12BrClN2S. The number of halogens is 2. The van der Waals surface area contributed by atoms with Crippen LogP contribution in [-0.4, -0.2) is 4.98 Å². The number of rotatable bonds is 3. The fourth-order valence-corrected chi connectivity index (χ4v) is 2.93. The minimum atomic E-state index is 0.0361. The van der Waals surface area contributed by atoms with Gasteiger partial charge in [-0.2, -0.15) is 0 Å². The lowest BCUT2D eigenvalue weighted by Crippen LogP contribution is -2.04. The summed E-state index contributed by atoms with van der Waals surface area (Å²) in [7, 11) is 0. The van der Waals surface area contributed by atoms with Crippen molar-refractivity contribution < 1.29 is 0 Å². The lowest BCUT2D eigenvalue weighted by Gasteiger charge is -2.09. The fraction of sp³-hybridized carbons (Fsp3) is 0.154. The molecule has 18 heavy (non-hydrogen) atoms. The number of nitrogens with two attached hydrogens (primary N) is 1. The predicted molar refractivity (Wildman–Crippen MR) is 80.1 cm³/mol. The molecule has 1 atom stereocenters. The van der Waals surface area contributed by atoms with E-state index < -0.39 is 0 Å². The summed E-state index contributed by atoms with van der Waals surface area (Å²) >= 11 is 10.9. The molecule has 2 aromatic rings. The third kappa shape index (κ3) is 3.48. The summed E-state index contributed by atoms with van der Waals surface area (Å²) in [6.45, 7) is 1.97. The molecule has 94 valence electrons. The van der Waals surface area contributed by atoms with Crippen molar-refractivity contribution in [3.05, 3.63) is 51.6 Å². The molecule has 5 heteroatoms. The number of benzene rings is 1. The summed E-state index contributed by atoms with van der Waals surface area (Å²) in [6.07, 6.45) is 1.65. The minimum absolute atomic E-state index is 0.0361. The molecule has 2 N–H and O–H groups in total. The van der Waals surface area contributed by atoms with Crippen molar-refractivity contribution in [1.82, 2.24) is 4.98 Å². The molecule has 0 aliphatic heterocycles. The second-order valence-electron chi connectivity index (χ2n) is 3.90. The Morgan fingerprint density at radius 2 is 2.11 bits per heavy atom. The summed E-state index contributed by atoms with van der Waals surface area (Å²) in [4.78, 5) is 5.36. The van der Waals surface area contributed by atoms with Gasteiger partial charge in [-0.1, -0.05) is 29.4 Å². The normalized spacial score (nSPS) is 12.4. The van der Waals surface area contributed by atoms with Gasteiger partial charge in [0.25, 0.3) is 0 Å². The molecule has 0 fully saturated rings. The van der Waals surface area contributed by atoms with E-state index in [9.17, 15) is 0 Å². The van der Waals surface area contributed by atoms with Gasteiger partial charge in [0.1, 0.15) is 5.03 Å². The van der Waals surface area contributed by atoms with E-state index in [0.717, 1.165) is 20.0 Å². The van der Waals surface area contributed by atoms with Crippen LogP contribution in [0.3, 0.4) is 0 Å². The van der Waals surface area contributed by atoms with Gasteiger partial charge >= 0.3 is 0 Å². The molecule has 0 amide bonds. The maximum Gasteiger partial charge on any atom is 0.101 e. The number of hydrogen-bond donors (Lipinski definition) is 1. The van der Waals surface area contributed by atoms with Gasteiger partial charge in [-0.25, -0.2) is 4.98 Å². The lowest BCUT2D eigenvalue weighted by atomic mass is 10.1. The van der Waals surface area contributed by atoms with Crippen molar-refractivity contribution in [3.8, 4) is 0 Å². The first-order chi connectivity index (χ1) is 8.56. The molecule has 0 saturated carbocycles. The quantitative estimate of drug-likeness (QED) is 0.880. The van der Waals surface area contributed by atoms with Crippen LogP contribution >= 0.6 is 39.3 Å². The van der Waals surface area contributed by atoms with E-state index in [4.69, 9.17) is 17.3 Å². The zero-order valence-corrected chi connectivity index (χ0v) is 12.9. The van der Waals surface area contributed by atoms with Gasteiger partial charge in [-0.3, -0.25) is 0 Å². The zero-order valence-electron chi connectivity index (χ0n) is 9.73. The van der Waals surface area contributed by atoms with Crippen molar-refractivity contribution in [2.75, 3.05) is 0 Å². The topological polar surface area (TPSA) is 38.9 Å². The van der Waals surface area contributed by atoms with E-state index in [0.29, 0.717) is 5.02 Å². The Hall–Kier alpha value is -0.550. The first kappa shape index (κ1) is 13.9. The Kier molecular flexibility index (Phi) is 4.67. The largest absolute Gasteiger partial charge is 0.324 e. The minimum Gasteiger partial charge on any atom is -0.324 e. The molecular weight excluding hydrogens is 332 g/mol. The van der Waals surface area contributed by atoms with Crippen molar-refractivity contribution >= 4 is 39.3 Å². The van der Waals surface area contributed by atoms with Crippen molar-refractivity contribution in [2.45, 2.75) is 22.9 Å². The van der Waals surface area contributed by atoms with Crippen LogP contribution in [-0.2, 0) is 0 Å². The lowest BCUT2D eigenvalue weighted by molar-refractivity contribution is 0.815. The highest BCUT2D eigenvalue weighted by atomic mass is 79.9. The van der Waals surface area contributed by atoms with Crippen molar-refractivity contribution in [2.24, 2.45) is 5.73 Å². The van der Waals surface area contributed by atoms with Gasteiger partial charge in [0.2, 0.25) is 0 Å². The van der Waals surface area contributed by atoms with Crippen molar-refractivity contribution in [1.29, 1.82) is 0 Å². The molecule has 0 bridgehead atoms. The van der Waals surface area contributed by atoms with E-state index >= 15 is 0 Å². The van der Waals surface area contributed by atoms with Crippen LogP contribution in [0.1, 0.15) is 18.5 Å². The van der Waals surface area contributed by atoms with E-state index in [1.165, 1.54) is 0 Å². The molecule has 1 heterocycles. The molecule has 1 unspecified atom stereocenters. The van der Waals surface area contributed by atoms with E-state index in [1.54, 1.807) is 18.0 Å². The van der Waals surface area contributed by atoms with E-state index in [-0.39, 0.29) is 6.04 Å². The van der Waals surface area contributed by atoms with Crippen LogP contribution in [0.25, 0.3) is 0 Å². The summed E-state index contributed by atoms with van der Waals surface area (Å²) in [5, 5.41) is 1.55. The Labute approximate surface area is 124 Å². The van der Waals surface area contributed by atoms with Gasteiger partial charge in [-0.15, -0.1) is 0 Å². The highest BCUT2D eigenvalue weighted by Crippen LogP contribution is 2.34. The molecule has 1 aromatic heterocycles. The zero-order chi connectivity index (χ0) is 13.1. The van der Waals surface area contributed by atoms with Crippen LogP contribution < -0.4 is 5.73 Å². The second kappa shape index (κ2) is 6.06. The molecule has 0 saturated heterocycles. The van der Waals surface area contributed by atoms with Crippen molar-refractivity contribution in [3.63, 3.8) is 0 Å². The Morgan fingerprint density at radius 1 is 1.33 bits per heavy atom. The van der Waals surface area contributed by atoms with Gasteiger partial charge in [0.15, 0.2) is 0 Å². The highest BCUT2D eigenvalue weighted by molar-refractivity contribution is 9.10. The standard InChI is InChI=1S/C13H12BrClN2S/c1-8(16)9-2-4-12(11(14)6-9)18-13-5-3-10(15)7-17-13/h2-8H,16H2,1H3. The summed E-state index contributed by atoms with van der Waals surface area (Å²) in [5.74, 6) is 0. The van der Waals surface area contributed by atoms with Gasteiger partial charge < -0.3 is 5.73 Å². The molecule has 0 spiro atoms. The third-order valence-corrected chi connectivity index (χ3v) is 4.57. The first-order valence-electron chi connectivity index (χ1n) is 5.40. The second-order valence-corrected chi connectivity index (χ2v) is 6.25. The van der Waals surface area contributed by atoms with Gasteiger partial charge in [0, 0.05) is 21.6 Å². The Balaban J connectivity index is 2.22. The average Bonchev–Trinajstić information content (AvgIpc) is 2.34. The maximum atomic E-state index is 5.85. The smallest absolute Gasteiger partial charge is 0.101 e. The monoisotopic (exact) mass is 342 g/mol. The molecule has 2 nitrogen and oxygen atoms in total. The van der Waals surface area contributed by atoms with Crippen LogP contribution in [0, 0.1) is 0 Å². The van der Waals surface area contributed by atoms with Gasteiger partial charge in [-0.05, 0) is 52.7 Å².